The lowest BCUT2D eigenvalue weighted by molar-refractivity contribution is 0.0948. The van der Waals surface area contributed by atoms with E-state index in [1.165, 1.54) is 5.56 Å². The quantitative estimate of drug-likeness (QED) is 0.853. The molecular formula is C18H24N4O. The lowest BCUT2D eigenvalue weighted by Gasteiger charge is -2.18. The molecule has 2 aromatic heterocycles. The highest BCUT2D eigenvalue weighted by Crippen LogP contribution is 2.11. The van der Waals surface area contributed by atoms with Crippen LogP contribution in [-0.4, -0.2) is 36.0 Å². The molecule has 2 heterocycles. The van der Waals surface area contributed by atoms with Gasteiger partial charge in [0.15, 0.2) is 0 Å². The second-order valence-corrected chi connectivity index (χ2v) is 6.04. The van der Waals surface area contributed by atoms with E-state index < -0.39 is 0 Å². The van der Waals surface area contributed by atoms with Gasteiger partial charge >= 0.3 is 0 Å². The van der Waals surface area contributed by atoms with Gasteiger partial charge in [0.1, 0.15) is 5.82 Å². The fourth-order valence-electron chi connectivity index (χ4n) is 2.11. The number of carbonyl (C=O) groups is 1. The first-order chi connectivity index (χ1) is 11.1. The molecule has 0 fully saturated rings. The van der Waals surface area contributed by atoms with E-state index in [1.54, 1.807) is 18.6 Å². The summed E-state index contributed by atoms with van der Waals surface area (Å²) in [5.74, 6) is 1.22. The molecule has 0 saturated carbocycles. The van der Waals surface area contributed by atoms with Gasteiger partial charge < -0.3 is 10.2 Å². The van der Waals surface area contributed by atoms with Crippen LogP contribution in [0.4, 0.5) is 5.82 Å². The van der Waals surface area contributed by atoms with Gasteiger partial charge in [-0.15, -0.1) is 0 Å². The van der Waals surface area contributed by atoms with Crippen molar-refractivity contribution >= 4 is 11.7 Å². The summed E-state index contributed by atoms with van der Waals surface area (Å²) in [4.78, 5) is 22.5. The Hall–Kier alpha value is -2.43. The molecule has 2 rings (SSSR count). The summed E-state index contributed by atoms with van der Waals surface area (Å²) >= 11 is 0. The average Bonchev–Trinajstić information content (AvgIpc) is 2.58. The van der Waals surface area contributed by atoms with Crippen LogP contribution in [0.1, 0.15) is 29.8 Å². The molecule has 5 nitrogen and oxygen atoms in total. The topological polar surface area (TPSA) is 58.1 Å². The highest BCUT2D eigenvalue weighted by Gasteiger charge is 2.08. The molecule has 0 aromatic carbocycles. The molecule has 0 aliphatic carbocycles. The minimum absolute atomic E-state index is 0.0720. The maximum atomic E-state index is 12.0. The Balaban J connectivity index is 1.89. The Labute approximate surface area is 137 Å². The van der Waals surface area contributed by atoms with E-state index in [4.69, 9.17) is 0 Å². The van der Waals surface area contributed by atoms with Crippen LogP contribution in [0.15, 0.2) is 42.9 Å². The van der Waals surface area contributed by atoms with Gasteiger partial charge in [0.05, 0.1) is 5.56 Å². The summed E-state index contributed by atoms with van der Waals surface area (Å²) in [5.41, 5.74) is 1.84. The molecule has 0 aliphatic heterocycles. The average molecular weight is 312 g/mol. The minimum Gasteiger partial charge on any atom is -0.359 e. The third-order valence-electron chi connectivity index (χ3n) is 3.56. The SMILES string of the molecule is CC(C)CNC(=O)c1ccc(N(C)CCc2ccncc2)nc1. The number of likely N-dealkylation sites (N-methyl/N-ethyl adjacent to an activating group) is 1. The third kappa shape index (κ3) is 5.36. The van der Waals surface area contributed by atoms with Crippen molar-refractivity contribution in [3.8, 4) is 0 Å². The van der Waals surface area contributed by atoms with E-state index in [-0.39, 0.29) is 5.91 Å². The number of aromatic nitrogens is 2. The molecule has 0 spiro atoms. The molecule has 0 aliphatic rings. The van der Waals surface area contributed by atoms with Crippen molar-refractivity contribution in [2.75, 3.05) is 25.0 Å². The third-order valence-corrected chi connectivity index (χ3v) is 3.56. The Morgan fingerprint density at radius 3 is 2.57 bits per heavy atom. The van der Waals surface area contributed by atoms with Crippen LogP contribution in [-0.2, 0) is 6.42 Å². The summed E-state index contributed by atoms with van der Waals surface area (Å²) in [6.07, 6.45) is 6.17. The summed E-state index contributed by atoms with van der Waals surface area (Å²) in [6, 6.07) is 7.74. The van der Waals surface area contributed by atoms with Gasteiger partial charge in [-0.2, -0.15) is 0 Å². The molecule has 0 atom stereocenters. The molecule has 1 amide bonds. The Morgan fingerprint density at radius 1 is 1.22 bits per heavy atom. The molecular weight excluding hydrogens is 288 g/mol. The van der Waals surface area contributed by atoms with Crippen LogP contribution < -0.4 is 10.2 Å². The van der Waals surface area contributed by atoms with Gasteiger partial charge in [-0.05, 0) is 42.2 Å². The first-order valence-electron chi connectivity index (χ1n) is 7.90. The smallest absolute Gasteiger partial charge is 0.252 e. The second kappa shape index (κ2) is 8.27. The van der Waals surface area contributed by atoms with Gasteiger partial charge in [0, 0.05) is 38.7 Å². The normalized spacial score (nSPS) is 10.6. The minimum atomic E-state index is -0.0720. The molecule has 0 radical (unpaired) electrons. The Morgan fingerprint density at radius 2 is 1.96 bits per heavy atom. The maximum absolute atomic E-state index is 12.0. The molecule has 5 heteroatoms. The lowest BCUT2D eigenvalue weighted by Crippen LogP contribution is -2.27. The molecule has 0 unspecified atom stereocenters. The van der Waals surface area contributed by atoms with E-state index in [1.807, 2.05) is 31.3 Å². The van der Waals surface area contributed by atoms with Crippen molar-refractivity contribution in [2.24, 2.45) is 5.92 Å². The summed E-state index contributed by atoms with van der Waals surface area (Å²) in [6.45, 7) is 5.67. The summed E-state index contributed by atoms with van der Waals surface area (Å²) in [7, 11) is 2.00. The number of pyridine rings is 2. The molecule has 122 valence electrons. The van der Waals surface area contributed by atoms with Crippen molar-refractivity contribution in [3.05, 3.63) is 54.0 Å². The van der Waals surface area contributed by atoms with Crippen molar-refractivity contribution in [1.29, 1.82) is 0 Å². The maximum Gasteiger partial charge on any atom is 0.252 e. The first kappa shape index (κ1) is 16.9. The monoisotopic (exact) mass is 312 g/mol. The summed E-state index contributed by atoms with van der Waals surface area (Å²) < 4.78 is 0. The highest BCUT2D eigenvalue weighted by atomic mass is 16.1. The fourth-order valence-corrected chi connectivity index (χ4v) is 2.11. The molecule has 2 aromatic rings. The zero-order valence-electron chi connectivity index (χ0n) is 14.0. The van der Waals surface area contributed by atoms with Crippen LogP contribution in [0.5, 0.6) is 0 Å². The van der Waals surface area contributed by atoms with E-state index in [2.05, 4.69) is 34.0 Å². The number of hydrogen-bond donors (Lipinski definition) is 1. The van der Waals surface area contributed by atoms with E-state index in [0.717, 1.165) is 18.8 Å². The van der Waals surface area contributed by atoms with Crippen LogP contribution in [0.25, 0.3) is 0 Å². The molecule has 0 saturated heterocycles. The Bertz CT molecular complexity index is 611. The number of nitrogens with one attached hydrogen (secondary N) is 1. The summed E-state index contributed by atoms with van der Waals surface area (Å²) in [5, 5.41) is 2.90. The predicted molar refractivity (Wildman–Crippen MR) is 92.6 cm³/mol. The molecule has 23 heavy (non-hydrogen) atoms. The van der Waals surface area contributed by atoms with Gasteiger partial charge in [-0.25, -0.2) is 4.98 Å². The first-order valence-corrected chi connectivity index (χ1v) is 7.90. The Kier molecular flexibility index (Phi) is 6.09. The fraction of sp³-hybridized carbons (Fsp3) is 0.389. The van der Waals surface area contributed by atoms with Gasteiger partial charge in [0.25, 0.3) is 5.91 Å². The number of amides is 1. The van der Waals surface area contributed by atoms with Crippen molar-refractivity contribution < 1.29 is 4.79 Å². The van der Waals surface area contributed by atoms with Crippen molar-refractivity contribution in [1.82, 2.24) is 15.3 Å². The molecule has 0 bridgehead atoms. The zero-order chi connectivity index (χ0) is 16.7. The standard InChI is InChI=1S/C18H24N4O/c1-14(2)12-21-18(23)16-4-5-17(20-13-16)22(3)11-8-15-6-9-19-10-7-15/h4-7,9-10,13-14H,8,11-12H2,1-3H3,(H,21,23). The van der Waals surface area contributed by atoms with E-state index in [0.29, 0.717) is 18.0 Å². The zero-order valence-corrected chi connectivity index (χ0v) is 14.0. The molecule has 1 N–H and O–H groups in total. The van der Waals surface area contributed by atoms with Gasteiger partial charge in [-0.3, -0.25) is 9.78 Å². The van der Waals surface area contributed by atoms with Crippen LogP contribution >= 0.6 is 0 Å². The lowest BCUT2D eigenvalue weighted by atomic mass is 10.2. The second-order valence-electron chi connectivity index (χ2n) is 6.04. The number of hydrogen-bond acceptors (Lipinski definition) is 4. The van der Waals surface area contributed by atoms with Gasteiger partial charge in [0.2, 0.25) is 0 Å². The highest BCUT2D eigenvalue weighted by molar-refractivity contribution is 5.94. The number of carbonyl (C=O) groups excluding carboxylic acids is 1. The van der Waals surface area contributed by atoms with Crippen molar-refractivity contribution in [3.63, 3.8) is 0 Å². The largest absolute Gasteiger partial charge is 0.359 e. The number of rotatable bonds is 7. The van der Waals surface area contributed by atoms with Gasteiger partial charge in [-0.1, -0.05) is 13.8 Å². The van der Waals surface area contributed by atoms with E-state index in [9.17, 15) is 4.79 Å². The van der Waals surface area contributed by atoms with Crippen LogP contribution in [0.2, 0.25) is 0 Å². The predicted octanol–water partition coefficient (Wildman–Crippen LogP) is 2.54. The number of nitrogens with zero attached hydrogens (tertiary/aromatic N) is 3. The van der Waals surface area contributed by atoms with E-state index >= 15 is 0 Å². The van der Waals surface area contributed by atoms with Crippen LogP contribution in [0.3, 0.4) is 0 Å². The van der Waals surface area contributed by atoms with Crippen molar-refractivity contribution in [2.45, 2.75) is 20.3 Å². The van der Waals surface area contributed by atoms with Crippen LogP contribution in [0, 0.1) is 5.92 Å². The number of anilines is 1.